The molecular formula is C23H15N7. The number of hydrogen-bond acceptors (Lipinski definition) is 5. The lowest BCUT2D eigenvalue weighted by Crippen LogP contribution is -1.84. The van der Waals surface area contributed by atoms with E-state index in [2.05, 4.69) is 36.0 Å². The van der Waals surface area contributed by atoms with Crippen LogP contribution in [0.1, 0.15) is 0 Å². The van der Waals surface area contributed by atoms with Crippen LogP contribution in [-0.4, -0.2) is 34.9 Å². The first kappa shape index (κ1) is 16.6. The summed E-state index contributed by atoms with van der Waals surface area (Å²) in [5.41, 5.74) is 7.44. The summed E-state index contributed by atoms with van der Waals surface area (Å²) >= 11 is 0. The molecule has 0 atom stereocenters. The predicted molar refractivity (Wildman–Crippen MR) is 115 cm³/mol. The molecule has 0 aliphatic carbocycles. The first-order chi connectivity index (χ1) is 14.9. The molecule has 0 radical (unpaired) electrons. The van der Waals surface area contributed by atoms with Gasteiger partial charge in [0.05, 0.1) is 17.2 Å². The summed E-state index contributed by atoms with van der Waals surface area (Å²) < 4.78 is 0. The van der Waals surface area contributed by atoms with Crippen LogP contribution in [0.2, 0.25) is 0 Å². The molecule has 30 heavy (non-hydrogen) atoms. The Morgan fingerprint density at radius 2 is 1.57 bits per heavy atom. The quantitative estimate of drug-likeness (QED) is 0.460. The number of imidazole rings is 1. The Labute approximate surface area is 170 Å². The van der Waals surface area contributed by atoms with Crippen LogP contribution in [0.25, 0.3) is 55.7 Å². The monoisotopic (exact) mass is 389 g/mol. The lowest BCUT2D eigenvalue weighted by atomic mass is 10.1. The van der Waals surface area contributed by atoms with Crippen molar-refractivity contribution in [3.8, 4) is 33.6 Å². The summed E-state index contributed by atoms with van der Waals surface area (Å²) in [6.07, 6.45) is 14.6. The van der Waals surface area contributed by atoms with Crippen LogP contribution in [0, 0.1) is 0 Å². The number of aromatic amines is 2. The number of pyridine rings is 4. The molecule has 0 aromatic carbocycles. The van der Waals surface area contributed by atoms with Crippen LogP contribution in [-0.2, 0) is 0 Å². The number of nitrogens with zero attached hydrogens (tertiary/aromatic N) is 5. The Morgan fingerprint density at radius 1 is 0.733 bits per heavy atom. The standard InChI is InChI=1S/C23H15N7/c1-3-14(8-24-5-1)16-7-17-19(12-28-22(17)27-10-16)23-29-20-13-26-11-18(21(20)30-23)15-4-2-6-25-9-15/h1-13H,(H,27,28)(H,29,30). The minimum absolute atomic E-state index is 0.763. The summed E-state index contributed by atoms with van der Waals surface area (Å²) in [6.45, 7) is 0. The highest BCUT2D eigenvalue weighted by molar-refractivity contribution is 5.98. The molecule has 0 spiro atoms. The second-order valence-corrected chi connectivity index (χ2v) is 6.97. The summed E-state index contributed by atoms with van der Waals surface area (Å²) in [5.74, 6) is 0.763. The SMILES string of the molecule is c1cncc(-c2cnc3[nH]cc(-c4nc5c(-c6cccnc6)cncc5[nH]4)c3c2)c1. The van der Waals surface area contributed by atoms with Gasteiger partial charge in [0.1, 0.15) is 11.5 Å². The molecule has 0 saturated heterocycles. The van der Waals surface area contributed by atoms with Gasteiger partial charge in [-0.1, -0.05) is 12.1 Å². The largest absolute Gasteiger partial charge is 0.345 e. The number of aromatic nitrogens is 7. The van der Waals surface area contributed by atoms with Crippen LogP contribution in [0.15, 0.2) is 79.9 Å². The molecule has 0 aliphatic heterocycles. The van der Waals surface area contributed by atoms with E-state index in [9.17, 15) is 0 Å². The van der Waals surface area contributed by atoms with Crippen LogP contribution in [0.4, 0.5) is 0 Å². The highest BCUT2D eigenvalue weighted by Gasteiger charge is 2.15. The average Bonchev–Trinajstić information content (AvgIpc) is 3.43. The molecule has 6 heterocycles. The van der Waals surface area contributed by atoms with Gasteiger partial charge in [-0.2, -0.15) is 0 Å². The van der Waals surface area contributed by atoms with Gasteiger partial charge in [-0.3, -0.25) is 15.0 Å². The van der Waals surface area contributed by atoms with Crippen molar-refractivity contribution in [3.63, 3.8) is 0 Å². The molecular weight excluding hydrogens is 374 g/mol. The summed E-state index contributed by atoms with van der Waals surface area (Å²) in [5, 5.41) is 0.992. The van der Waals surface area contributed by atoms with Crippen molar-refractivity contribution in [2.75, 3.05) is 0 Å². The van der Waals surface area contributed by atoms with E-state index in [1.807, 2.05) is 55.2 Å². The number of H-pyrrole nitrogens is 2. The fraction of sp³-hybridized carbons (Fsp3) is 0. The molecule has 142 valence electrons. The molecule has 6 aromatic heterocycles. The topological polar surface area (TPSA) is 96.0 Å². The second kappa shape index (κ2) is 6.59. The lowest BCUT2D eigenvalue weighted by Gasteiger charge is -2.01. The Hall–Kier alpha value is -4.39. The molecule has 0 amide bonds. The zero-order valence-electron chi connectivity index (χ0n) is 15.7. The maximum atomic E-state index is 4.90. The minimum Gasteiger partial charge on any atom is -0.345 e. The van der Waals surface area contributed by atoms with Crippen molar-refractivity contribution in [1.29, 1.82) is 0 Å². The van der Waals surface area contributed by atoms with E-state index >= 15 is 0 Å². The highest BCUT2D eigenvalue weighted by Crippen LogP contribution is 2.32. The Morgan fingerprint density at radius 3 is 2.37 bits per heavy atom. The smallest absolute Gasteiger partial charge is 0.140 e. The molecule has 0 unspecified atom stereocenters. The molecule has 7 nitrogen and oxygen atoms in total. The molecule has 0 bridgehead atoms. The maximum Gasteiger partial charge on any atom is 0.140 e. The van der Waals surface area contributed by atoms with Crippen LogP contribution < -0.4 is 0 Å². The van der Waals surface area contributed by atoms with Gasteiger partial charge in [0, 0.05) is 76.6 Å². The van der Waals surface area contributed by atoms with E-state index in [0.717, 1.165) is 55.7 Å². The molecule has 6 aromatic rings. The summed E-state index contributed by atoms with van der Waals surface area (Å²) in [6, 6.07) is 9.97. The Balaban J connectivity index is 1.52. The van der Waals surface area contributed by atoms with Gasteiger partial charge in [0.25, 0.3) is 0 Å². The number of hydrogen-bond donors (Lipinski definition) is 2. The Bertz CT molecular complexity index is 1480. The number of rotatable bonds is 3. The first-order valence-electron chi connectivity index (χ1n) is 9.49. The van der Waals surface area contributed by atoms with Crippen LogP contribution in [0.3, 0.4) is 0 Å². The summed E-state index contributed by atoms with van der Waals surface area (Å²) in [7, 11) is 0. The van der Waals surface area contributed by atoms with Crippen molar-refractivity contribution >= 4 is 22.1 Å². The molecule has 7 heteroatoms. The van der Waals surface area contributed by atoms with Crippen molar-refractivity contribution in [3.05, 3.63) is 79.9 Å². The van der Waals surface area contributed by atoms with E-state index in [0.29, 0.717) is 0 Å². The summed E-state index contributed by atoms with van der Waals surface area (Å²) in [4.78, 5) is 28.9. The third-order valence-electron chi connectivity index (χ3n) is 5.15. The highest BCUT2D eigenvalue weighted by atomic mass is 14.9. The van der Waals surface area contributed by atoms with E-state index < -0.39 is 0 Å². The normalized spacial score (nSPS) is 11.3. The van der Waals surface area contributed by atoms with Crippen LogP contribution >= 0.6 is 0 Å². The van der Waals surface area contributed by atoms with Gasteiger partial charge in [-0.25, -0.2) is 9.97 Å². The van der Waals surface area contributed by atoms with E-state index in [1.54, 1.807) is 18.6 Å². The van der Waals surface area contributed by atoms with Crippen molar-refractivity contribution in [2.45, 2.75) is 0 Å². The zero-order valence-corrected chi connectivity index (χ0v) is 15.7. The van der Waals surface area contributed by atoms with Gasteiger partial charge >= 0.3 is 0 Å². The molecule has 2 N–H and O–H groups in total. The van der Waals surface area contributed by atoms with Gasteiger partial charge in [0.2, 0.25) is 0 Å². The van der Waals surface area contributed by atoms with Gasteiger partial charge in [0.15, 0.2) is 0 Å². The average molecular weight is 389 g/mol. The molecule has 0 saturated carbocycles. The second-order valence-electron chi connectivity index (χ2n) is 6.97. The lowest BCUT2D eigenvalue weighted by molar-refractivity contribution is 1.30. The van der Waals surface area contributed by atoms with Crippen LogP contribution in [0.5, 0.6) is 0 Å². The van der Waals surface area contributed by atoms with Gasteiger partial charge in [-0.05, 0) is 18.2 Å². The molecule has 6 rings (SSSR count). The fourth-order valence-corrected chi connectivity index (χ4v) is 3.68. The predicted octanol–water partition coefficient (Wildman–Crippen LogP) is 4.63. The first-order valence-corrected chi connectivity index (χ1v) is 9.49. The van der Waals surface area contributed by atoms with E-state index in [1.165, 1.54) is 0 Å². The minimum atomic E-state index is 0.763. The Kier molecular flexibility index (Phi) is 3.64. The van der Waals surface area contributed by atoms with E-state index in [-0.39, 0.29) is 0 Å². The maximum absolute atomic E-state index is 4.90. The third-order valence-corrected chi connectivity index (χ3v) is 5.15. The van der Waals surface area contributed by atoms with Crippen molar-refractivity contribution in [2.24, 2.45) is 0 Å². The van der Waals surface area contributed by atoms with Crippen molar-refractivity contribution < 1.29 is 0 Å². The molecule has 0 aliphatic rings. The number of nitrogens with one attached hydrogen (secondary N) is 2. The fourth-order valence-electron chi connectivity index (χ4n) is 3.68. The molecule has 0 fully saturated rings. The van der Waals surface area contributed by atoms with Gasteiger partial charge < -0.3 is 9.97 Å². The van der Waals surface area contributed by atoms with E-state index in [4.69, 9.17) is 4.98 Å². The zero-order chi connectivity index (χ0) is 19.9. The third kappa shape index (κ3) is 2.64. The van der Waals surface area contributed by atoms with Crippen molar-refractivity contribution in [1.82, 2.24) is 34.9 Å². The van der Waals surface area contributed by atoms with Gasteiger partial charge in [-0.15, -0.1) is 0 Å². The number of fused-ring (bicyclic) bond motifs is 2.